The van der Waals surface area contributed by atoms with Gasteiger partial charge in [-0.3, -0.25) is 0 Å². The Morgan fingerprint density at radius 2 is 2.25 bits per heavy atom. The monoisotopic (exact) mass is 199 g/mol. The molecule has 64 valence electrons. The summed E-state index contributed by atoms with van der Waals surface area (Å²) < 4.78 is -0.0473. The van der Waals surface area contributed by atoms with E-state index >= 15 is 0 Å². The van der Waals surface area contributed by atoms with Crippen molar-refractivity contribution in [3.63, 3.8) is 0 Å². The van der Waals surface area contributed by atoms with E-state index in [4.69, 9.17) is 11.6 Å². The van der Waals surface area contributed by atoms with E-state index < -0.39 is 0 Å². The average Bonchev–Trinajstić information content (AvgIpc) is 2.04. The molecule has 0 saturated heterocycles. The summed E-state index contributed by atoms with van der Waals surface area (Å²) in [5.74, 6) is 0. The van der Waals surface area contributed by atoms with Crippen molar-refractivity contribution in [1.29, 1.82) is 0 Å². The molecule has 1 nitrogen and oxygen atoms in total. The second-order valence-corrected chi connectivity index (χ2v) is 5.36. The highest BCUT2D eigenvalue weighted by atomic mass is 35.5. The highest BCUT2D eigenvalue weighted by Gasteiger charge is 2.35. The third kappa shape index (κ3) is 1.75. The molecule has 3 heteroatoms. The van der Waals surface area contributed by atoms with Crippen molar-refractivity contribution in [2.45, 2.75) is 28.5 Å². The quantitative estimate of drug-likeness (QED) is 0.678. The maximum Gasteiger partial charge on any atom is 0.0976 e. The summed E-state index contributed by atoms with van der Waals surface area (Å²) in [5, 5.41) is 1.03. The van der Waals surface area contributed by atoms with Crippen molar-refractivity contribution in [3.05, 3.63) is 24.4 Å². The first-order valence-electron chi connectivity index (χ1n) is 4.07. The van der Waals surface area contributed by atoms with Crippen LogP contribution in [0.1, 0.15) is 19.3 Å². The standard InChI is InChI=1S/C9H10ClNS/c10-9(5-3-6-9)12-8-4-1-2-7-11-8/h1-2,4,7H,3,5-6H2. The van der Waals surface area contributed by atoms with Crippen LogP contribution in [0.2, 0.25) is 0 Å². The summed E-state index contributed by atoms with van der Waals surface area (Å²) in [6, 6.07) is 5.92. The number of alkyl halides is 1. The Morgan fingerprint density at radius 1 is 1.42 bits per heavy atom. The molecule has 1 aromatic rings. The van der Waals surface area contributed by atoms with E-state index in [1.54, 1.807) is 18.0 Å². The Bertz CT molecular complexity index is 258. The molecule has 1 heterocycles. The fourth-order valence-corrected chi connectivity index (χ4v) is 2.78. The van der Waals surface area contributed by atoms with Gasteiger partial charge in [0.25, 0.3) is 0 Å². The fourth-order valence-electron chi connectivity index (χ4n) is 1.15. The van der Waals surface area contributed by atoms with Crippen molar-refractivity contribution >= 4 is 23.4 Å². The van der Waals surface area contributed by atoms with Gasteiger partial charge >= 0.3 is 0 Å². The number of rotatable bonds is 2. The summed E-state index contributed by atoms with van der Waals surface area (Å²) in [5.41, 5.74) is 0. The normalized spacial score (nSPS) is 20.1. The van der Waals surface area contributed by atoms with E-state index in [2.05, 4.69) is 4.98 Å². The molecule has 1 aliphatic carbocycles. The number of thioether (sulfide) groups is 1. The van der Waals surface area contributed by atoms with Crippen LogP contribution in [0.3, 0.4) is 0 Å². The first kappa shape index (κ1) is 8.39. The number of halogens is 1. The second-order valence-electron chi connectivity index (χ2n) is 3.01. The van der Waals surface area contributed by atoms with Crippen LogP contribution in [0.5, 0.6) is 0 Å². The van der Waals surface area contributed by atoms with Crippen LogP contribution in [-0.2, 0) is 0 Å². The first-order chi connectivity index (χ1) is 5.79. The number of hydrogen-bond acceptors (Lipinski definition) is 2. The van der Waals surface area contributed by atoms with E-state index in [9.17, 15) is 0 Å². The van der Waals surface area contributed by atoms with Gasteiger partial charge in [-0.05, 0) is 31.4 Å². The second kappa shape index (κ2) is 3.27. The average molecular weight is 200 g/mol. The lowest BCUT2D eigenvalue weighted by Crippen LogP contribution is -2.25. The zero-order valence-electron chi connectivity index (χ0n) is 6.66. The summed E-state index contributed by atoms with van der Waals surface area (Å²) in [7, 11) is 0. The van der Waals surface area contributed by atoms with Gasteiger partial charge < -0.3 is 0 Å². The van der Waals surface area contributed by atoms with Gasteiger partial charge in [0, 0.05) is 6.20 Å². The van der Waals surface area contributed by atoms with Crippen LogP contribution in [0.15, 0.2) is 29.4 Å². The molecule has 0 aliphatic heterocycles. The Hall–Kier alpha value is -0.210. The number of aromatic nitrogens is 1. The van der Waals surface area contributed by atoms with E-state index in [0.29, 0.717) is 0 Å². The molecule has 0 radical (unpaired) electrons. The molecular weight excluding hydrogens is 190 g/mol. The SMILES string of the molecule is ClC1(Sc2ccccn2)CCC1. The van der Waals surface area contributed by atoms with E-state index in [1.165, 1.54) is 6.42 Å². The molecular formula is C9H10ClNS. The van der Waals surface area contributed by atoms with Gasteiger partial charge in [-0.25, -0.2) is 4.98 Å². The molecule has 1 aliphatic rings. The minimum atomic E-state index is -0.0473. The molecule has 0 unspecified atom stereocenters. The predicted molar refractivity (Wildman–Crippen MR) is 52.5 cm³/mol. The van der Waals surface area contributed by atoms with Crippen LogP contribution in [0.4, 0.5) is 0 Å². The van der Waals surface area contributed by atoms with Crippen LogP contribution < -0.4 is 0 Å². The molecule has 1 saturated carbocycles. The third-order valence-corrected chi connectivity index (χ3v) is 3.86. The lowest BCUT2D eigenvalue weighted by atomic mass is 9.99. The van der Waals surface area contributed by atoms with Crippen LogP contribution in [-0.4, -0.2) is 9.19 Å². The zero-order chi connectivity index (χ0) is 8.44. The molecule has 0 bridgehead atoms. The van der Waals surface area contributed by atoms with Gasteiger partial charge in [0.2, 0.25) is 0 Å². The predicted octanol–water partition coefficient (Wildman–Crippen LogP) is 3.29. The van der Waals surface area contributed by atoms with E-state index in [0.717, 1.165) is 17.9 Å². The molecule has 12 heavy (non-hydrogen) atoms. The molecule has 0 N–H and O–H groups in total. The smallest absolute Gasteiger partial charge is 0.0976 e. The molecule has 0 aromatic carbocycles. The minimum Gasteiger partial charge on any atom is -0.250 e. The molecule has 0 atom stereocenters. The maximum absolute atomic E-state index is 6.26. The van der Waals surface area contributed by atoms with Crippen LogP contribution in [0.25, 0.3) is 0 Å². The Balaban J connectivity index is 2.04. The minimum absolute atomic E-state index is 0.0473. The number of nitrogens with zero attached hydrogens (tertiary/aromatic N) is 1. The van der Waals surface area contributed by atoms with E-state index in [1.807, 2.05) is 18.2 Å². The molecule has 1 fully saturated rings. The molecule has 2 rings (SSSR count). The van der Waals surface area contributed by atoms with Crippen molar-refractivity contribution < 1.29 is 0 Å². The van der Waals surface area contributed by atoms with Crippen LogP contribution in [0, 0.1) is 0 Å². The Labute approximate surface area is 81.5 Å². The van der Waals surface area contributed by atoms with Crippen molar-refractivity contribution in [1.82, 2.24) is 4.98 Å². The molecule has 0 amide bonds. The largest absolute Gasteiger partial charge is 0.250 e. The lowest BCUT2D eigenvalue weighted by molar-refractivity contribution is 0.475. The third-order valence-electron chi connectivity index (χ3n) is 2.03. The lowest BCUT2D eigenvalue weighted by Gasteiger charge is -2.34. The van der Waals surface area contributed by atoms with Crippen molar-refractivity contribution in [3.8, 4) is 0 Å². The molecule has 0 spiro atoms. The summed E-state index contributed by atoms with van der Waals surface area (Å²) >= 11 is 7.95. The maximum atomic E-state index is 6.26. The van der Waals surface area contributed by atoms with Crippen LogP contribution >= 0.6 is 23.4 Å². The fraction of sp³-hybridized carbons (Fsp3) is 0.444. The topological polar surface area (TPSA) is 12.9 Å². The van der Waals surface area contributed by atoms with Gasteiger partial charge in [0.1, 0.15) is 0 Å². The Morgan fingerprint density at radius 3 is 2.75 bits per heavy atom. The number of hydrogen-bond donors (Lipinski definition) is 0. The van der Waals surface area contributed by atoms with Gasteiger partial charge in [0.15, 0.2) is 0 Å². The first-order valence-corrected chi connectivity index (χ1v) is 5.27. The van der Waals surface area contributed by atoms with Gasteiger partial charge in [0.05, 0.1) is 9.23 Å². The number of pyridine rings is 1. The van der Waals surface area contributed by atoms with Gasteiger partial charge in [-0.2, -0.15) is 0 Å². The van der Waals surface area contributed by atoms with Crippen molar-refractivity contribution in [2.75, 3.05) is 0 Å². The highest BCUT2D eigenvalue weighted by Crippen LogP contribution is 2.49. The van der Waals surface area contributed by atoms with E-state index in [-0.39, 0.29) is 4.21 Å². The van der Waals surface area contributed by atoms with Gasteiger partial charge in [-0.15, -0.1) is 11.6 Å². The zero-order valence-corrected chi connectivity index (χ0v) is 8.24. The Kier molecular flexibility index (Phi) is 2.28. The van der Waals surface area contributed by atoms with Gasteiger partial charge in [-0.1, -0.05) is 17.8 Å². The summed E-state index contributed by atoms with van der Waals surface area (Å²) in [4.78, 5) is 4.22. The summed E-state index contributed by atoms with van der Waals surface area (Å²) in [6.45, 7) is 0. The highest BCUT2D eigenvalue weighted by molar-refractivity contribution is 8.01. The van der Waals surface area contributed by atoms with Crippen molar-refractivity contribution in [2.24, 2.45) is 0 Å². The summed E-state index contributed by atoms with van der Waals surface area (Å²) in [6.07, 6.45) is 5.27. The molecule has 1 aromatic heterocycles.